The molecule has 132 valence electrons. The minimum Gasteiger partial charge on any atom is -0.494 e. The van der Waals surface area contributed by atoms with Crippen molar-refractivity contribution in [3.05, 3.63) is 58.6 Å². The molecule has 0 aliphatic heterocycles. The SMILES string of the molecule is CCCOc1cccc(NC(=O)CCNC(=O)c2ccc(Br)cc2)c1. The lowest BCUT2D eigenvalue weighted by molar-refractivity contribution is -0.116. The van der Waals surface area contributed by atoms with Crippen molar-refractivity contribution in [2.75, 3.05) is 18.5 Å². The third-order valence-corrected chi connectivity index (χ3v) is 3.86. The molecule has 0 heterocycles. The van der Waals surface area contributed by atoms with Crippen LogP contribution in [0.2, 0.25) is 0 Å². The Balaban J connectivity index is 1.77. The van der Waals surface area contributed by atoms with E-state index in [0.717, 1.165) is 16.6 Å². The lowest BCUT2D eigenvalue weighted by atomic mass is 10.2. The molecule has 2 aromatic rings. The van der Waals surface area contributed by atoms with Crippen molar-refractivity contribution in [3.63, 3.8) is 0 Å². The van der Waals surface area contributed by atoms with Crippen LogP contribution in [0.4, 0.5) is 5.69 Å². The number of hydrogen-bond donors (Lipinski definition) is 2. The van der Waals surface area contributed by atoms with E-state index in [4.69, 9.17) is 4.74 Å². The number of ether oxygens (including phenoxy) is 1. The molecular formula is C19H21BrN2O3. The zero-order valence-corrected chi connectivity index (χ0v) is 15.6. The van der Waals surface area contributed by atoms with Gasteiger partial charge in [0, 0.05) is 34.8 Å². The third-order valence-electron chi connectivity index (χ3n) is 3.33. The maximum atomic E-state index is 12.0. The minimum absolute atomic E-state index is 0.163. The van der Waals surface area contributed by atoms with Crippen LogP contribution < -0.4 is 15.4 Å². The van der Waals surface area contributed by atoms with Gasteiger partial charge in [0.1, 0.15) is 5.75 Å². The van der Waals surface area contributed by atoms with E-state index in [2.05, 4.69) is 26.6 Å². The largest absolute Gasteiger partial charge is 0.494 e. The van der Waals surface area contributed by atoms with Crippen molar-refractivity contribution in [3.8, 4) is 5.75 Å². The summed E-state index contributed by atoms with van der Waals surface area (Å²) in [6, 6.07) is 14.3. The first-order chi connectivity index (χ1) is 12.1. The molecule has 25 heavy (non-hydrogen) atoms. The number of nitrogens with one attached hydrogen (secondary N) is 2. The minimum atomic E-state index is -0.199. The van der Waals surface area contributed by atoms with Gasteiger partial charge in [-0.3, -0.25) is 9.59 Å². The van der Waals surface area contributed by atoms with Gasteiger partial charge in [0.25, 0.3) is 5.91 Å². The maximum absolute atomic E-state index is 12.0. The highest BCUT2D eigenvalue weighted by Crippen LogP contribution is 2.17. The summed E-state index contributed by atoms with van der Waals surface area (Å²) in [6.07, 6.45) is 1.12. The molecule has 0 spiro atoms. The van der Waals surface area contributed by atoms with Gasteiger partial charge in [-0.1, -0.05) is 28.9 Å². The normalized spacial score (nSPS) is 10.2. The van der Waals surface area contributed by atoms with Gasteiger partial charge < -0.3 is 15.4 Å². The highest BCUT2D eigenvalue weighted by atomic mass is 79.9. The number of amides is 2. The average Bonchev–Trinajstić information content (AvgIpc) is 2.60. The first kappa shape index (κ1) is 19.0. The monoisotopic (exact) mass is 404 g/mol. The van der Waals surface area contributed by atoms with Crippen LogP contribution in [0.1, 0.15) is 30.1 Å². The van der Waals surface area contributed by atoms with E-state index < -0.39 is 0 Å². The second-order valence-corrected chi connectivity index (χ2v) is 6.35. The van der Waals surface area contributed by atoms with Crippen LogP contribution in [0.5, 0.6) is 5.75 Å². The van der Waals surface area contributed by atoms with Gasteiger partial charge >= 0.3 is 0 Å². The van der Waals surface area contributed by atoms with E-state index in [0.29, 0.717) is 17.9 Å². The summed E-state index contributed by atoms with van der Waals surface area (Å²) in [4.78, 5) is 24.0. The number of benzene rings is 2. The van der Waals surface area contributed by atoms with Crippen molar-refractivity contribution in [1.29, 1.82) is 0 Å². The molecule has 6 heteroatoms. The van der Waals surface area contributed by atoms with E-state index in [1.807, 2.05) is 19.1 Å². The summed E-state index contributed by atoms with van der Waals surface area (Å²) in [5.41, 5.74) is 1.24. The van der Waals surface area contributed by atoms with Crippen molar-refractivity contribution < 1.29 is 14.3 Å². The number of carbonyl (C=O) groups is 2. The summed E-state index contributed by atoms with van der Waals surface area (Å²) in [6.45, 7) is 2.94. The first-order valence-corrected chi connectivity index (χ1v) is 8.94. The van der Waals surface area contributed by atoms with Crippen LogP contribution in [-0.2, 0) is 4.79 Å². The molecule has 0 bridgehead atoms. The molecule has 2 amide bonds. The fourth-order valence-electron chi connectivity index (χ4n) is 2.10. The predicted octanol–water partition coefficient (Wildman–Crippen LogP) is 4.00. The molecular weight excluding hydrogens is 384 g/mol. The van der Waals surface area contributed by atoms with Crippen LogP contribution in [0.3, 0.4) is 0 Å². The standard InChI is InChI=1S/C19H21BrN2O3/c1-2-12-25-17-5-3-4-16(13-17)22-18(23)10-11-21-19(24)14-6-8-15(20)9-7-14/h3-9,13H,2,10-12H2,1H3,(H,21,24)(H,22,23). The number of hydrogen-bond acceptors (Lipinski definition) is 3. The Kier molecular flexibility index (Phi) is 7.47. The highest BCUT2D eigenvalue weighted by Gasteiger charge is 2.07. The number of halogens is 1. The molecule has 2 aromatic carbocycles. The Hall–Kier alpha value is -2.34. The van der Waals surface area contributed by atoms with Gasteiger partial charge in [-0.05, 0) is 42.8 Å². The van der Waals surface area contributed by atoms with Crippen molar-refractivity contribution >= 4 is 33.4 Å². The molecule has 2 N–H and O–H groups in total. The number of rotatable bonds is 8. The Morgan fingerprint density at radius 2 is 1.88 bits per heavy atom. The maximum Gasteiger partial charge on any atom is 0.251 e. The van der Waals surface area contributed by atoms with Crippen LogP contribution in [0, 0.1) is 0 Å². The molecule has 0 saturated carbocycles. The molecule has 2 rings (SSSR count). The third kappa shape index (κ3) is 6.58. The van der Waals surface area contributed by atoms with Gasteiger partial charge in [0.2, 0.25) is 5.91 Å². The first-order valence-electron chi connectivity index (χ1n) is 8.15. The molecule has 0 aliphatic carbocycles. The molecule has 0 saturated heterocycles. The summed E-state index contributed by atoms with van der Waals surface area (Å²) in [5, 5.41) is 5.54. The van der Waals surface area contributed by atoms with Crippen molar-refractivity contribution in [2.45, 2.75) is 19.8 Å². The summed E-state index contributed by atoms with van der Waals surface area (Å²) in [7, 11) is 0. The van der Waals surface area contributed by atoms with Gasteiger partial charge in [-0.15, -0.1) is 0 Å². The van der Waals surface area contributed by atoms with Gasteiger partial charge in [-0.25, -0.2) is 0 Å². The number of carbonyl (C=O) groups excluding carboxylic acids is 2. The van der Waals surface area contributed by atoms with E-state index in [1.54, 1.807) is 36.4 Å². The second kappa shape index (κ2) is 9.84. The Labute approximate surface area is 155 Å². The van der Waals surface area contributed by atoms with E-state index in [-0.39, 0.29) is 24.8 Å². The van der Waals surface area contributed by atoms with Gasteiger partial charge in [0.05, 0.1) is 6.61 Å². The van der Waals surface area contributed by atoms with E-state index in [9.17, 15) is 9.59 Å². The Bertz CT molecular complexity index is 717. The Morgan fingerprint density at radius 3 is 2.60 bits per heavy atom. The fraction of sp³-hybridized carbons (Fsp3) is 0.263. The van der Waals surface area contributed by atoms with Gasteiger partial charge in [0.15, 0.2) is 0 Å². The van der Waals surface area contributed by atoms with E-state index >= 15 is 0 Å². The predicted molar refractivity (Wildman–Crippen MR) is 102 cm³/mol. The Morgan fingerprint density at radius 1 is 1.12 bits per heavy atom. The highest BCUT2D eigenvalue weighted by molar-refractivity contribution is 9.10. The van der Waals surface area contributed by atoms with Crippen molar-refractivity contribution in [1.82, 2.24) is 5.32 Å². The topological polar surface area (TPSA) is 67.4 Å². The molecule has 0 fully saturated rings. The van der Waals surface area contributed by atoms with Crippen LogP contribution in [0.15, 0.2) is 53.0 Å². The van der Waals surface area contributed by atoms with Crippen LogP contribution >= 0.6 is 15.9 Å². The zero-order valence-electron chi connectivity index (χ0n) is 14.0. The van der Waals surface area contributed by atoms with Crippen molar-refractivity contribution in [2.24, 2.45) is 0 Å². The van der Waals surface area contributed by atoms with E-state index in [1.165, 1.54) is 0 Å². The van der Waals surface area contributed by atoms with Crippen LogP contribution in [0.25, 0.3) is 0 Å². The molecule has 0 atom stereocenters. The molecule has 0 aromatic heterocycles. The lowest BCUT2D eigenvalue weighted by Crippen LogP contribution is -2.27. The van der Waals surface area contributed by atoms with Crippen LogP contribution in [-0.4, -0.2) is 25.0 Å². The number of anilines is 1. The smallest absolute Gasteiger partial charge is 0.251 e. The summed E-state index contributed by atoms with van der Waals surface area (Å²) < 4.78 is 6.45. The summed E-state index contributed by atoms with van der Waals surface area (Å²) in [5.74, 6) is 0.363. The molecule has 0 radical (unpaired) electrons. The lowest BCUT2D eigenvalue weighted by Gasteiger charge is -2.09. The fourth-order valence-corrected chi connectivity index (χ4v) is 2.36. The second-order valence-electron chi connectivity index (χ2n) is 5.44. The average molecular weight is 405 g/mol. The molecule has 5 nitrogen and oxygen atoms in total. The molecule has 0 aliphatic rings. The zero-order chi connectivity index (χ0) is 18.1. The summed E-state index contributed by atoms with van der Waals surface area (Å²) >= 11 is 3.32. The molecule has 0 unspecified atom stereocenters. The quantitative estimate of drug-likeness (QED) is 0.698. The van der Waals surface area contributed by atoms with Gasteiger partial charge in [-0.2, -0.15) is 0 Å².